The van der Waals surface area contributed by atoms with Crippen molar-refractivity contribution in [1.82, 2.24) is 15.2 Å². The fourth-order valence-electron chi connectivity index (χ4n) is 4.78. The number of ether oxygens (including phenoxy) is 1. The smallest absolute Gasteiger partial charge is 0.254 e. The van der Waals surface area contributed by atoms with Crippen LogP contribution in [0, 0.1) is 6.92 Å². The van der Waals surface area contributed by atoms with E-state index in [0.717, 1.165) is 48.0 Å². The van der Waals surface area contributed by atoms with Gasteiger partial charge in [-0.05, 0) is 57.2 Å². The van der Waals surface area contributed by atoms with E-state index in [9.17, 15) is 9.59 Å². The first-order valence-corrected chi connectivity index (χ1v) is 10.4. The number of nitrogens with zero attached hydrogens (tertiary/aromatic N) is 1. The molecular formula is C22H29N3O3. The number of methoxy groups -OCH3 is 1. The Hall–Kier alpha value is -2.50. The van der Waals surface area contributed by atoms with Crippen molar-refractivity contribution in [3.05, 3.63) is 29.5 Å². The lowest BCUT2D eigenvalue weighted by atomic mass is 10.1. The molecule has 1 unspecified atom stereocenters. The molecule has 2 aliphatic rings. The van der Waals surface area contributed by atoms with E-state index in [1.807, 2.05) is 19.1 Å². The van der Waals surface area contributed by atoms with Crippen molar-refractivity contribution in [2.24, 2.45) is 0 Å². The van der Waals surface area contributed by atoms with Gasteiger partial charge in [0.1, 0.15) is 11.8 Å². The highest BCUT2D eigenvalue weighted by Crippen LogP contribution is 2.38. The van der Waals surface area contributed by atoms with Crippen LogP contribution in [0.25, 0.3) is 10.9 Å². The number of carbonyl (C=O) groups is 2. The van der Waals surface area contributed by atoms with Crippen molar-refractivity contribution in [2.45, 2.75) is 64.0 Å². The van der Waals surface area contributed by atoms with Crippen molar-refractivity contribution in [3.63, 3.8) is 0 Å². The molecule has 150 valence electrons. The quantitative estimate of drug-likeness (QED) is 0.849. The molecule has 0 spiro atoms. The molecule has 2 N–H and O–H groups in total. The van der Waals surface area contributed by atoms with Gasteiger partial charge in [-0.15, -0.1) is 0 Å². The number of benzene rings is 1. The van der Waals surface area contributed by atoms with E-state index in [1.165, 1.54) is 12.8 Å². The Balaban J connectivity index is 1.75. The second-order valence-corrected chi connectivity index (χ2v) is 7.96. The standard InChI is InChI=1S/C22H29N3O3/c1-14-20(22(27)24-18-9-5-6-12-23-21(18)26)17-13-16(28-2)10-11-19(17)25(14)15-7-3-4-8-15/h10-11,13,15,18H,3-9,12H2,1-2H3,(H,23,26)(H,24,27). The SMILES string of the molecule is COc1ccc2c(c1)c(C(=O)NC1CCCCNC1=O)c(C)n2C1CCCC1. The summed E-state index contributed by atoms with van der Waals surface area (Å²) in [7, 11) is 1.64. The van der Waals surface area contributed by atoms with Crippen LogP contribution >= 0.6 is 0 Å². The van der Waals surface area contributed by atoms with E-state index in [-0.39, 0.29) is 11.8 Å². The molecule has 4 rings (SSSR count). The second kappa shape index (κ2) is 7.86. The Morgan fingerprint density at radius 3 is 2.68 bits per heavy atom. The van der Waals surface area contributed by atoms with Crippen molar-refractivity contribution in [2.75, 3.05) is 13.7 Å². The molecule has 6 heteroatoms. The molecule has 1 atom stereocenters. The Labute approximate surface area is 165 Å². The number of amides is 2. The highest BCUT2D eigenvalue weighted by atomic mass is 16.5. The third-order valence-corrected chi connectivity index (χ3v) is 6.21. The minimum Gasteiger partial charge on any atom is -0.497 e. The zero-order chi connectivity index (χ0) is 19.7. The number of aromatic nitrogens is 1. The molecule has 1 aliphatic heterocycles. The lowest BCUT2D eigenvalue weighted by Crippen LogP contribution is -2.45. The Morgan fingerprint density at radius 2 is 1.93 bits per heavy atom. The molecule has 1 aromatic heterocycles. The molecule has 28 heavy (non-hydrogen) atoms. The molecule has 0 bridgehead atoms. The van der Waals surface area contributed by atoms with Crippen LogP contribution < -0.4 is 15.4 Å². The molecular weight excluding hydrogens is 354 g/mol. The number of rotatable bonds is 4. The topological polar surface area (TPSA) is 72.4 Å². The normalized spacial score (nSPS) is 20.8. The summed E-state index contributed by atoms with van der Waals surface area (Å²) < 4.78 is 7.73. The van der Waals surface area contributed by atoms with Crippen molar-refractivity contribution in [1.29, 1.82) is 0 Å². The summed E-state index contributed by atoms with van der Waals surface area (Å²) in [6.45, 7) is 2.70. The summed E-state index contributed by atoms with van der Waals surface area (Å²) in [5.74, 6) is 0.479. The summed E-state index contributed by atoms with van der Waals surface area (Å²) in [5, 5.41) is 6.79. The third-order valence-electron chi connectivity index (χ3n) is 6.21. The molecule has 2 amide bonds. The maximum absolute atomic E-state index is 13.3. The van der Waals surface area contributed by atoms with Crippen LogP contribution in [0.1, 0.15) is 67.0 Å². The number of fused-ring (bicyclic) bond motifs is 1. The predicted octanol–water partition coefficient (Wildman–Crippen LogP) is 3.47. The first kappa shape index (κ1) is 18.8. The zero-order valence-corrected chi connectivity index (χ0v) is 16.7. The van der Waals surface area contributed by atoms with Crippen molar-refractivity contribution >= 4 is 22.7 Å². The molecule has 2 fully saturated rings. The van der Waals surface area contributed by atoms with E-state index in [4.69, 9.17) is 4.74 Å². The van der Waals surface area contributed by atoms with Crippen LogP contribution in [0.5, 0.6) is 5.75 Å². The van der Waals surface area contributed by atoms with Gasteiger partial charge in [-0.25, -0.2) is 0 Å². The molecule has 0 radical (unpaired) electrons. The van der Waals surface area contributed by atoms with Crippen LogP contribution in [-0.4, -0.2) is 36.1 Å². The summed E-state index contributed by atoms with van der Waals surface area (Å²) in [6.07, 6.45) is 7.30. The van der Waals surface area contributed by atoms with E-state index >= 15 is 0 Å². The minimum atomic E-state index is -0.468. The summed E-state index contributed by atoms with van der Waals surface area (Å²) in [6, 6.07) is 5.90. The van der Waals surface area contributed by atoms with Crippen LogP contribution in [0.4, 0.5) is 0 Å². The highest BCUT2D eigenvalue weighted by molar-refractivity contribution is 6.10. The van der Waals surface area contributed by atoms with Gasteiger partial charge in [0.15, 0.2) is 0 Å². The Kier molecular flexibility index (Phi) is 5.29. The minimum absolute atomic E-state index is 0.0828. The van der Waals surface area contributed by atoms with Crippen LogP contribution in [-0.2, 0) is 4.79 Å². The first-order chi connectivity index (χ1) is 13.6. The van der Waals surface area contributed by atoms with Crippen molar-refractivity contribution < 1.29 is 14.3 Å². The van der Waals surface area contributed by atoms with Gasteiger partial charge in [-0.2, -0.15) is 0 Å². The van der Waals surface area contributed by atoms with E-state index < -0.39 is 6.04 Å². The summed E-state index contributed by atoms with van der Waals surface area (Å²) in [5.41, 5.74) is 2.71. The Bertz CT molecular complexity index is 896. The van der Waals surface area contributed by atoms with Crippen molar-refractivity contribution in [3.8, 4) is 5.75 Å². The third kappa shape index (κ3) is 3.36. The number of carbonyl (C=O) groups excluding carboxylic acids is 2. The van der Waals surface area contributed by atoms with Crippen LogP contribution in [0.2, 0.25) is 0 Å². The monoisotopic (exact) mass is 383 g/mol. The molecule has 1 aliphatic carbocycles. The van der Waals surface area contributed by atoms with Gasteiger partial charge < -0.3 is 19.9 Å². The molecule has 1 saturated heterocycles. The van der Waals surface area contributed by atoms with Crippen LogP contribution in [0.3, 0.4) is 0 Å². The fourth-order valence-corrected chi connectivity index (χ4v) is 4.78. The molecule has 6 nitrogen and oxygen atoms in total. The lowest BCUT2D eigenvalue weighted by molar-refractivity contribution is -0.122. The van der Waals surface area contributed by atoms with Gasteiger partial charge in [-0.3, -0.25) is 9.59 Å². The fraction of sp³-hybridized carbons (Fsp3) is 0.545. The average molecular weight is 383 g/mol. The summed E-state index contributed by atoms with van der Waals surface area (Å²) in [4.78, 5) is 25.6. The maximum atomic E-state index is 13.3. The van der Waals surface area contributed by atoms with Crippen LogP contribution in [0.15, 0.2) is 18.2 Å². The Morgan fingerprint density at radius 1 is 1.18 bits per heavy atom. The van der Waals surface area contributed by atoms with Gasteiger partial charge >= 0.3 is 0 Å². The number of hydrogen-bond donors (Lipinski definition) is 2. The van der Waals surface area contributed by atoms with Gasteiger partial charge in [0.2, 0.25) is 5.91 Å². The van der Waals surface area contributed by atoms with Gasteiger partial charge in [0.05, 0.1) is 12.7 Å². The first-order valence-electron chi connectivity index (χ1n) is 10.4. The largest absolute Gasteiger partial charge is 0.497 e. The molecule has 2 aromatic rings. The van der Waals surface area contributed by atoms with Gasteiger partial charge in [-0.1, -0.05) is 12.8 Å². The molecule has 1 saturated carbocycles. The van der Waals surface area contributed by atoms with E-state index in [2.05, 4.69) is 21.3 Å². The van der Waals surface area contributed by atoms with E-state index in [1.54, 1.807) is 7.11 Å². The summed E-state index contributed by atoms with van der Waals surface area (Å²) >= 11 is 0. The zero-order valence-electron chi connectivity index (χ0n) is 16.7. The molecule has 2 heterocycles. The molecule has 1 aromatic carbocycles. The highest BCUT2D eigenvalue weighted by Gasteiger charge is 2.29. The van der Waals surface area contributed by atoms with Gasteiger partial charge in [0.25, 0.3) is 5.91 Å². The number of nitrogens with one attached hydrogen (secondary N) is 2. The average Bonchev–Trinajstić information content (AvgIpc) is 3.25. The lowest BCUT2D eigenvalue weighted by Gasteiger charge is -2.17. The van der Waals surface area contributed by atoms with Gasteiger partial charge in [0, 0.05) is 29.2 Å². The van der Waals surface area contributed by atoms with E-state index in [0.29, 0.717) is 24.6 Å². The number of hydrogen-bond acceptors (Lipinski definition) is 3. The second-order valence-electron chi connectivity index (χ2n) is 7.96. The maximum Gasteiger partial charge on any atom is 0.254 e. The predicted molar refractivity (Wildman–Crippen MR) is 109 cm³/mol.